The molecule has 0 bridgehead atoms. The van der Waals surface area contributed by atoms with E-state index in [1.54, 1.807) is 0 Å². The summed E-state index contributed by atoms with van der Waals surface area (Å²) >= 11 is 0. The van der Waals surface area contributed by atoms with Crippen LogP contribution in [0.25, 0.3) is 11.0 Å². The number of aromatic amines is 1. The van der Waals surface area contributed by atoms with Crippen molar-refractivity contribution in [2.45, 2.75) is 26.1 Å². The van der Waals surface area contributed by atoms with Crippen LogP contribution < -0.4 is 0 Å². The lowest BCUT2D eigenvalue weighted by Crippen LogP contribution is -2.20. The largest absolute Gasteiger partial charge is 0.483 e. The van der Waals surface area contributed by atoms with Crippen molar-refractivity contribution in [1.29, 1.82) is 0 Å². The second-order valence-corrected chi connectivity index (χ2v) is 4.90. The lowest BCUT2D eigenvalue weighted by Gasteiger charge is -2.09. The Bertz CT molecular complexity index is 825. The number of fused-ring (bicyclic) bond motifs is 1. The van der Waals surface area contributed by atoms with E-state index in [1.165, 1.54) is 0 Å². The summed E-state index contributed by atoms with van der Waals surface area (Å²) in [7, 11) is 0. The van der Waals surface area contributed by atoms with Crippen LogP contribution in [-0.4, -0.2) is 42.5 Å². The van der Waals surface area contributed by atoms with Gasteiger partial charge in [-0.1, -0.05) is 6.07 Å². The molecular formula is C14H14F3N5O2. The topological polar surface area (TPSA) is 96.7 Å². The van der Waals surface area contributed by atoms with E-state index in [2.05, 4.69) is 20.1 Å². The number of rotatable bonds is 3. The number of hydrogen-bond donors (Lipinski definition) is 2. The maximum absolute atomic E-state index is 12.4. The Morgan fingerprint density at radius 3 is 2.75 bits per heavy atom. The molecule has 7 nitrogen and oxygen atoms in total. The van der Waals surface area contributed by atoms with Gasteiger partial charge in [-0.15, -0.1) is 0 Å². The number of alkyl halides is 3. The zero-order valence-electron chi connectivity index (χ0n) is 12.6. The van der Waals surface area contributed by atoms with Crippen LogP contribution in [0.5, 0.6) is 0 Å². The summed E-state index contributed by atoms with van der Waals surface area (Å²) in [5.41, 5.74) is 2.53. The average molecular weight is 341 g/mol. The third kappa shape index (κ3) is 4.54. The van der Waals surface area contributed by atoms with E-state index in [9.17, 15) is 13.2 Å². The molecule has 0 spiro atoms. The fourth-order valence-electron chi connectivity index (χ4n) is 2.20. The van der Waals surface area contributed by atoms with Gasteiger partial charge in [0.05, 0.1) is 11.0 Å². The zero-order valence-corrected chi connectivity index (χ0v) is 12.6. The van der Waals surface area contributed by atoms with Crippen LogP contribution in [0.3, 0.4) is 0 Å². The molecule has 1 aromatic carbocycles. The van der Waals surface area contributed by atoms with Gasteiger partial charge in [0.25, 0.3) is 6.47 Å². The van der Waals surface area contributed by atoms with Gasteiger partial charge in [0.15, 0.2) is 0 Å². The molecule has 24 heavy (non-hydrogen) atoms. The van der Waals surface area contributed by atoms with Crippen LogP contribution in [0.4, 0.5) is 13.2 Å². The predicted molar refractivity (Wildman–Crippen MR) is 78.4 cm³/mol. The molecule has 0 fully saturated rings. The number of nitrogens with one attached hydrogen (secondary N) is 1. The monoisotopic (exact) mass is 341 g/mol. The van der Waals surface area contributed by atoms with E-state index in [4.69, 9.17) is 9.90 Å². The highest BCUT2D eigenvalue weighted by molar-refractivity contribution is 5.75. The molecule has 128 valence electrons. The highest BCUT2D eigenvalue weighted by Gasteiger charge is 2.29. The van der Waals surface area contributed by atoms with Crippen molar-refractivity contribution in [2.75, 3.05) is 0 Å². The highest BCUT2D eigenvalue weighted by Crippen LogP contribution is 2.19. The van der Waals surface area contributed by atoms with Gasteiger partial charge >= 0.3 is 6.18 Å². The fraction of sp³-hybridized carbons (Fsp3) is 0.286. The number of imidazole rings is 1. The van der Waals surface area contributed by atoms with E-state index in [0.717, 1.165) is 33.4 Å². The van der Waals surface area contributed by atoms with E-state index in [1.807, 2.05) is 25.1 Å². The summed E-state index contributed by atoms with van der Waals surface area (Å²) in [5, 5.41) is 10.5. The molecule has 0 amide bonds. The van der Waals surface area contributed by atoms with Crippen molar-refractivity contribution in [2.24, 2.45) is 0 Å². The smallest absolute Gasteiger partial charge is 0.408 e. The average Bonchev–Trinajstić information content (AvgIpc) is 3.03. The molecule has 0 aliphatic heterocycles. The number of H-pyrrole nitrogens is 1. The second kappa shape index (κ2) is 7.11. The molecule has 3 rings (SSSR count). The van der Waals surface area contributed by atoms with E-state index >= 15 is 0 Å². The van der Waals surface area contributed by atoms with Crippen LogP contribution in [-0.2, 0) is 17.8 Å². The molecule has 0 aliphatic carbocycles. The molecule has 2 heterocycles. The summed E-state index contributed by atoms with van der Waals surface area (Å²) in [6.45, 7) is 0.466. The number of carboxylic acid groups (broad SMARTS) is 1. The molecule has 3 aromatic rings. The SMILES string of the molecule is Cc1nc2ccc(Cc3ncnn3CC(F)(F)F)cc2[nH]1.O=CO. The van der Waals surface area contributed by atoms with Crippen LogP contribution in [0.1, 0.15) is 17.2 Å². The molecule has 10 heteroatoms. The third-order valence-electron chi connectivity index (χ3n) is 3.05. The van der Waals surface area contributed by atoms with Crippen LogP contribution in [0, 0.1) is 6.92 Å². The number of aryl methyl sites for hydroxylation is 1. The Balaban J connectivity index is 0.000000647. The van der Waals surface area contributed by atoms with Crippen molar-refractivity contribution in [3.63, 3.8) is 0 Å². The summed E-state index contributed by atoms with van der Waals surface area (Å²) in [4.78, 5) is 19.6. The molecular weight excluding hydrogens is 327 g/mol. The number of carbonyl (C=O) groups is 1. The van der Waals surface area contributed by atoms with Gasteiger partial charge in [0, 0.05) is 6.42 Å². The molecule has 0 saturated heterocycles. The van der Waals surface area contributed by atoms with Crippen LogP contribution >= 0.6 is 0 Å². The van der Waals surface area contributed by atoms with Crippen molar-refractivity contribution >= 4 is 17.5 Å². The first kappa shape index (κ1) is 17.4. The van der Waals surface area contributed by atoms with Crippen molar-refractivity contribution in [1.82, 2.24) is 24.7 Å². The van der Waals surface area contributed by atoms with E-state index in [-0.39, 0.29) is 18.7 Å². The molecule has 2 N–H and O–H groups in total. The Morgan fingerprint density at radius 1 is 1.38 bits per heavy atom. The standard InChI is InChI=1S/C13H12F3N5.CH2O2/c1-8-19-10-3-2-9(4-11(10)20-8)5-12-17-7-18-21(12)6-13(14,15)16;2-1-3/h2-4,7H,5-6H2,1H3,(H,19,20);1H,(H,2,3). The summed E-state index contributed by atoms with van der Waals surface area (Å²) in [6, 6.07) is 5.52. The second-order valence-electron chi connectivity index (χ2n) is 4.90. The number of hydrogen-bond acceptors (Lipinski definition) is 4. The highest BCUT2D eigenvalue weighted by atomic mass is 19.4. The fourth-order valence-corrected chi connectivity index (χ4v) is 2.20. The lowest BCUT2D eigenvalue weighted by molar-refractivity contribution is -0.143. The first-order chi connectivity index (χ1) is 11.3. The third-order valence-corrected chi connectivity index (χ3v) is 3.05. The minimum absolute atomic E-state index is 0.250. The predicted octanol–water partition coefficient (Wildman–Crippen LogP) is 2.32. The Hall–Kier alpha value is -2.91. The van der Waals surface area contributed by atoms with Gasteiger partial charge in [0.1, 0.15) is 24.5 Å². The van der Waals surface area contributed by atoms with E-state index in [0.29, 0.717) is 0 Å². The molecule has 0 atom stereocenters. The minimum atomic E-state index is -4.31. The van der Waals surface area contributed by atoms with Gasteiger partial charge in [0.2, 0.25) is 0 Å². The molecule has 2 aromatic heterocycles. The van der Waals surface area contributed by atoms with Crippen LogP contribution in [0.15, 0.2) is 24.5 Å². The number of nitrogens with zero attached hydrogens (tertiary/aromatic N) is 4. The normalized spacial score (nSPS) is 11.2. The lowest BCUT2D eigenvalue weighted by atomic mass is 10.1. The zero-order chi connectivity index (χ0) is 17.7. The van der Waals surface area contributed by atoms with Gasteiger partial charge in [-0.3, -0.25) is 4.79 Å². The number of benzene rings is 1. The molecule has 0 radical (unpaired) electrons. The number of aromatic nitrogens is 5. The first-order valence-electron chi connectivity index (χ1n) is 6.79. The Morgan fingerprint density at radius 2 is 2.08 bits per heavy atom. The molecule has 0 saturated carbocycles. The van der Waals surface area contributed by atoms with Crippen molar-refractivity contribution in [3.05, 3.63) is 41.7 Å². The molecule has 0 aliphatic rings. The van der Waals surface area contributed by atoms with Crippen molar-refractivity contribution < 1.29 is 23.1 Å². The summed E-state index contributed by atoms with van der Waals surface area (Å²) in [6.07, 6.45) is -2.89. The van der Waals surface area contributed by atoms with Crippen molar-refractivity contribution in [3.8, 4) is 0 Å². The van der Waals surface area contributed by atoms with Gasteiger partial charge in [-0.05, 0) is 24.6 Å². The first-order valence-corrected chi connectivity index (χ1v) is 6.79. The molecule has 0 unspecified atom stereocenters. The minimum Gasteiger partial charge on any atom is -0.483 e. The van der Waals surface area contributed by atoms with E-state index < -0.39 is 12.7 Å². The van der Waals surface area contributed by atoms with Crippen LogP contribution in [0.2, 0.25) is 0 Å². The summed E-state index contributed by atoms with van der Waals surface area (Å²) in [5.74, 6) is 1.07. The van der Waals surface area contributed by atoms with Gasteiger partial charge in [-0.25, -0.2) is 14.6 Å². The number of halogens is 3. The Labute approximate surface area is 134 Å². The summed E-state index contributed by atoms with van der Waals surface area (Å²) < 4.78 is 38.2. The quantitative estimate of drug-likeness (QED) is 0.713. The van der Waals surface area contributed by atoms with Gasteiger partial charge in [-0.2, -0.15) is 18.3 Å². The Kier molecular flexibility index (Phi) is 5.17. The van der Waals surface area contributed by atoms with Gasteiger partial charge < -0.3 is 10.1 Å². The maximum Gasteiger partial charge on any atom is 0.408 e. The maximum atomic E-state index is 12.4.